The lowest BCUT2D eigenvalue weighted by Crippen LogP contribution is -2.14. The summed E-state index contributed by atoms with van der Waals surface area (Å²) >= 11 is 0. The number of carbonyl (C=O) groups is 2. The number of rotatable bonds is 4. The molecule has 0 atom stereocenters. The molecule has 18 heavy (non-hydrogen) atoms. The molecule has 0 spiro atoms. The Labute approximate surface area is 101 Å². The zero-order chi connectivity index (χ0) is 13.1. The van der Waals surface area contributed by atoms with Crippen molar-refractivity contribution in [2.45, 2.75) is 6.54 Å². The summed E-state index contributed by atoms with van der Waals surface area (Å²) in [4.78, 5) is 29.3. The minimum atomic E-state index is -1.12. The number of carboxylic acid groups (broad SMARTS) is 1. The smallest absolute Gasteiger partial charge is 0.339 e. The zero-order valence-corrected chi connectivity index (χ0v) is 9.15. The SMILES string of the molecule is NC(=O)c1ccn(Cc2ncncc2C(=O)O)n1. The van der Waals surface area contributed by atoms with Crippen molar-refractivity contribution < 1.29 is 14.7 Å². The van der Waals surface area contributed by atoms with Gasteiger partial charge in [-0.3, -0.25) is 9.48 Å². The standard InChI is InChI=1S/C10H9N5O3/c11-9(16)7-1-2-15(14-7)4-8-6(10(17)18)3-12-5-13-8/h1-3,5H,4H2,(H2,11,16)(H,17,18). The Kier molecular flexibility index (Phi) is 3.00. The van der Waals surface area contributed by atoms with E-state index in [0.717, 1.165) is 0 Å². The molecule has 2 aromatic heterocycles. The van der Waals surface area contributed by atoms with Gasteiger partial charge in [0.2, 0.25) is 0 Å². The van der Waals surface area contributed by atoms with Crippen LogP contribution in [-0.4, -0.2) is 36.7 Å². The molecule has 92 valence electrons. The number of aromatic nitrogens is 4. The number of primary amides is 1. The summed E-state index contributed by atoms with van der Waals surface area (Å²) < 4.78 is 1.38. The Bertz CT molecular complexity index is 607. The molecule has 0 unspecified atom stereocenters. The predicted molar refractivity (Wildman–Crippen MR) is 58.8 cm³/mol. The molecule has 0 fully saturated rings. The van der Waals surface area contributed by atoms with E-state index in [-0.39, 0.29) is 17.8 Å². The van der Waals surface area contributed by atoms with Gasteiger partial charge in [0.25, 0.3) is 5.91 Å². The molecular formula is C10H9N5O3. The van der Waals surface area contributed by atoms with Gasteiger partial charge in [-0.2, -0.15) is 5.10 Å². The number of hydrogen-bond acceptors (Lipinski definition) is 5. The molecule has 8 nitrogen and oxygen atoms in total. The number of amides is 1. The van der Waals surface area contributed by atoms with Crippen LogP contribution in [0, 0.1) is 0 Å². The van der Waals surface area contributed by atoms with Crippen molar-refractivity contribution in [1.29, 1.82) is 0 Å². The molecule has 0 aromatic carbocycles. The highest BCUT2D eigenvalue weighted by atomic mass is 16.4. The number of aromatic carboxylic acids is 1. The Balaban J connectivity index is 2.28. The van der Waals surface area contributed by atoms with Gasteiger partial charge in [0.1, 0.15) is 17.6 Å². The van der Waals surface area contributed by atoms with E-state index < -0.39 is 11.9 Å². The fourth-order valence-electron chi connectivity index (χ4n) is 1.39. The monoisotopic (exact) mass is 247 g/mol. The zero-order valence-electron chi connectivity index (χ0n) is 9.15. The number of nitrogens with two attached hydrogens (primary N) is 1. The molecule has 2 rings (SSSR count). The van der Waals surface area contributed by atoms with E-state index in [0.29, 0.717) is 5.69 Å². The van der Waals surface area contributed by atoms with Gasteiger partial charge in [0, 0.05) is 12.4 Å². The van der Waals surface area contributed by atoms with E-state index in [2.05, 4.69) is 15.1 Å². The third kappa shape index (κ3) is 2.32. The first-order chi connectivity index (χ1) is 8.58. The van der Waals surface area contributed by atoms with Crippen LogP contribution >= 0.6 is 0 Å². The van der Waals surface area contributed by atoms with Crippen molar-refractivity contribution >= 4 is 11.9 Å². The molecule has 0 aliphatic carbocycles. The van der Waals surface area contributed by atoms with Crippen molar-refractivity contribution in [2.75, 3.05) is 0 Å². The van der Waals surface area contributed by atoms with E-state index in [4.69, 9.17) is 10.8 Å². The van der Waals surface area contributed by atoms with Crippen LogP contribution in [0.2, 0.25) is 0 Å². The number of carboxylic acids is 1. The van der Waals surface area contributed by atoms with Gasteiger partial charge in [0.15, 0.2) is 0 Å². The van der Waals surface area contributed by atoms with Gasteiger partial charge >= 0.3 is 5.97 Å². The number of hydrogen-bond donors (Lipinski definition) is 2. The van der Waals surface area contributed by atoms with E-state index in [1.165, 1.54) is 29.5 Å². The lowest BCUT2D eigenvalue weighted by Gasteiger charge is -2.03. The van der Waals surface area contributed by atoms with Gasteiger partial charge in [-0.15, -0.1) is 0 Å². The molecule has 2 heterocycles. The Hall–Kier alpha value is -2.77. The van der Waals surface area contributed by atoms with Gasteiger partial charge in [-0.25, -0.2) is 14.8 Å². The summed E-state index contributed by atoms with van der Waals surface area (Å²) in [5.41, 5.74) is 5.47. The maximum atomic E-state index is 10.9. The molecule has 1 amide bonds. The summed E-state index contributed by atoms with van der Waals surface area (Å²) in [6.45, 7) is 0.122. The highest BCUT2D eigenvalue weighted by Crippen LogP contribution is 2.06. The average Bonchev–Trinajstić information content (AvgIpc) is 2.78. The molecule has 3 N–H and O–H groups in total. The Morgan fingerprint density at radius 2 is 2.22 bits per heavy atom. The first-order valence-electron chi connectivity index (χ1n) is 4.93. The second kappa shape index (κ2) is 4.62. The van der Waals surface area contributed by atoms with Gasteiger partial charge in [-0.1, -0.05) is 0 Å². The van der Waals surface area contributed by atoms with Crippen LogP contribution in [0.1, 0.15) is 26.5 Å². The summed E-state index contributed by atoms with van der Waals surface area (Å²) in [6, 6.07) is 1.45. The molecular weight excluding hydrogens is 238 g/mol. The van der Waals surface area contributed by atoms with E-state index in [9.17, 15) is 9.59 Å². The molecule has 0 aliphatic rings. The maximum absolute atomic E-state index is 10.9. The normalized spacial score (nSPS) is 10.2. The van der Waals surface area contributed by atoms with Crippen LogP contribution in [0.25, 0.3) is 0 Å². The quantitative estimate of drug-likeness (QED) is 0.751. The van der Waals surface area contributed by atoms with E-state index in [1.807, 2.05) is 0 Å². The topological polar surface area (TPSA) is 124 Å². The highest BCUT2D eigenvalue weighted by molar-refractivity contribution is 5.90. The van der Waals surface area contributed by atoms with Crippen molar-refractivity contribution in [2.24, 2.45) is 5.73 Å². The van der Waals surface area contributed by atoms with Gasteiger partial charge < -0.3 is 10.8 Å². The first-order valence-corrected chi connectivity index (χ1v) is 4.93. The van der Waals surface area contributed by atoms with Crippen molar-refractivity contribution in [3.63, 3.8) is 0 Å². The minimum absolute atomic E-state index is 0.00590. The van der Waals surface area contributed by atoms with Crippen molar-refractivity contribution in [1.82, 2.24) is 19.7 Å². The summed E-state index contributed by atoms with van der Waals surface area (Å²) in [6.07, 6.45) is 3.98. The molecule has 0 saturated heterocycles. The fraction of sp³-hybridized carbons (Fsp3) is 0.100. The Morgan fingerprint density at radius 1 is 1.44 bits per heavy atom. The second-order valence-electron chi connectivity index (χ2n) is 3.45. The van der Waals surface area contributed by atoms with Crippen LogP contribution in [0.4, 0.5) is 0 Å². The molecule has 0 radical (unpaired) electrons. The fourth-order valence-corrected chi connectivity index (χ4v) is 1.39. The van der Waals surface area contributed by atoms with Gasteiger partial charge in [0.05, 0.1) is 12.2 Å². The van der Waals surface area contributed by atoms with Crippen LogP contribution in [0.5, 0.6) is 0 Å². The van der Waals surface area contributed by atoms with Crippen LogP contribution in [0.3, 0.4) is 0 Å². The highest BCUT2D eigenvalue weighted by Gasteiger charge is 2.13. The third-order valence-electron chi connectivity index (χ3n) is 2.23. The third-order valence-corrected chi connectivity index (χ3v) is 2.23. The second-order valence-corrected chi connectivity index (χ2v) is 3.45. The van der Waals surface area contributed by atoms with Gasteiger partial charge in [-0.05, 0) is 6.07 Å². The van der Waals surface area contributed by atoms with Crippen molar-refractivity contribution in [3.8, 4) is 0 Å². The summed E-state index contributed by atoms with van der Waals surface area (Å²) in [5, 5.41) is 12.8. The minimum Gasteiger partial charge on any atom is -0.478 e. The molecule has 0 aliphatic heterocycles. The van der Waals surface area contributed by atoms with Crippen molar-refractivity contribution in [3.05, 3.63) is 41.7 Å². The lowest BCUT2D eigenvalue weighted by atomic mass is 10.2. The predicted octanol–water partition coefficient (Wildman–Crippen LogP) is -0.482. The number of carbonyl (C=O) groups excluding carboxylic acids is 1. The lowest BCUT2D eigenvalue weighted by molar-refractivity contribution is 0.0694. The maximum Gasteiger partial charge on any atom is 0.339 e. The van der Waals surface area contributed by atoms with Crippen LogP contribution < -0.4 is 5.73 Å². The molecule has 2 aromatic rings. The Morgan fingerprint density at radius 3 is 2.83 bits per heavy atom. The largest absolute Gasteiger partial charge is 0.478 e. The van der Waals surface area contributed by atoms with E-state index in [1.54, 1.807) is 0 Å². The van der Waals surface area contributed by atoms with Crippen LogP contribution in [0.15, 0.2) is 24.8 Å². The first kappa shape index (κ1) is 11.7. The molecule has 8 heteroatoms. The molecule has 0 saturated carbocycles. The molecule has 0 bridgehead atoms. The summed E-state index contributed by atoms with van der Waals surface area (Å²) in [7, 11) is 0. The van der Waals surface area contributed by atoms with Crippen LogP contribution in [-0.2, 0) is 6.54 Å². The summed E-state index contributed by atoms with van der Waals surface area (Å²) in [5.74, 6) is -1.76. The average molecular weight is 247 g/mol. The van der Waals surface area contributed by atoms with E-state index >= 15 is 0 Å². The number of nitrogens with zero attached hydrogens (tertiary/aromatic N) is 4.